The normalized spacial score (nSPS) is 11.2. The number of hydrogen-bond acceptors (Lipinski definition) is 4. The van der Waals surface area contributed by atoms with Gasteiger partial charge in [0.15, 0.2) is 0 Å². The molecule has 0 aliphatic heterocycles. The molecule has 3 aromatic rings. The van der Waals surface area contributed by atoms with Crippen LogP contribution in [0.2, 0.25) is 5.02 Å². The Hall–Kier alpha value is -3.12. The molecule has 0 aliphatic rings. The minimum Gasteiger partial charge on any atom is -0.350 e. The summed E-state index contributed by atoms with van der Waals surface area (Å²) in [4.78, 5) is 24.8. The van der Waals surface area contributed by atoms with Crippen LogP contribution in [0.1, 0.15) is 47.2 Å². The summed E-state index contributed by atoms with van der Waals surface area (Å²) in [6.07, 6.45) is 0. The number of anilines is 1. The fraction of sp³-hybridized carbons (Fsp3) is 0.261. The highest BCUT2D eigenvalue weighted by Gasteiger charge is 2.18. The molecule has 1 aromatic heterocycles. The highest BCUT2D eigenvalue weighted by molar-refractivity contribution is 6.31. The van der Waals surface area contributed by atoms with Crippen LogP contribution in [0.5, 0.6) is 0 Å². The summed E-state index contributed by atoms with van der Waals surface area (Å²) < 4.78 is 5.24. The highest BCUT2D eigenvalue weighted by Crippen LogP contribution is 2.27. The number of nitrogens with one attached hydrogen (secondary N) is 2. The van der Waals surface area contributed by atoms with E-state index in [-0.39, 0.29) is 23.0 Å². The molecule has 0 aliphatic carbocycles. The van der Waals surface area contributed by atoms with Crippen LogP contribution in [-0.4, -0.2) is 23.5 Å². The van der Waals surface area contributed by atoms with Gasteiger partial charge in [-0.05, 0) is 48.2 Å². The number of aryl methyl sites for hydroxylation is 1. The number of hydrogen-bond donors (Lipinski definition) is 2. The van der Waals surface area contributed by atoms with Crippen molar-refractivity contribution in [2.24, 2.45) is 5.41 Å². The van der Waals surface area contributed by atoms with Crippen molar-refractivity contribution in [2.45, 2.75) is 27.7 Å². The molecular formula is C23H24ClN3O3. The zero-order valence-electron chi connectivity index (χ0n) is 17.4. The molecule has 7 heteroatoms. The second kappa shape index (κ2) is 8.71. The molecule has 1 heterocycles. The number of amides is 2. The van der Waals surface area contributed by atoms with Gasteiger partial charge in [-0.2, -0.15) is 0 Å². The van der Waals surface area contributed by atoms with E-state index in [2.05, 4.69) is 15.8 Å². The number of benzene rings is 2. The number of aromatic nitrogens is 1. The number of carbonyl (C=O) groups is 2. The molecule has 0 spiro atoms. The zero-order valence-corrected chi connectivity index (χ0v) is 18.1. The van der Waals surface area contributed by atoms with Gasteiger partial charge < -0.3 is 15.2 Å². The monoisotopic (exact) mass is 425 g/mol. The molecule has 6 nitrogen and oxygen atoms in total. The van der Waals surface area contributed by atoms with Gasteiger partial charge in [0, 0.05) is 34.4 Å². The summed E-state index contributed by atoms with van der Waals surface area (Å²) in [6, 6.07) is 13.8. The molecule has 0 saturated heterocycles. The molecule has 0 bridgehead atoms. The minimum atomic E-state index is -0.313. The third kappa shape index (κ3) is 5.48. The maximum Gasteiger partial charge on any atom is 0.289 e. The number of rotatable bonds is 5. The van der Waals surface area contributed by atoms with Crippen molar-refractivity contribution in [2.75, 3.05) is 11.9 Å². The summed E-state index contributed by atoms with van der Waals surface area (Å²) in [5.74, 6) is -0.441. The van der Waals surface area contributed by atoms with Crippen LogP contribution in [0.3, 0.4) is 0 Å². The lowest BCUT2D eigenvalue weighted by Gasteiger charge is -2.17. The van der Waals surface area contributed by atoms with Crippen LogP contribution in [0.25, 0.3) is 11.3 Å². The van der Waals surface area contributed by atoms with Crippen LogP contribution in [-0.2, 0) is 0 Å². The molecule has 0 saturated carbocycles. The van der Waals surface area contributed by atoms with Crippen LogP contribution in [0.4, 0.5) is 5.69 Å². The van der Waals surface area contributed by atoms with Crippen molar-refractivity contribution < 1.29 is 14.1 Å². The second-order valence-electron chi connectivity index (χ2n) is 8.31. The molecule has 3 rings (SSSR count). The molecule has 30 heavy (non-hydrogen) atoms. The van der Waals surface area contributed by atoms with Crippen molar-refractivity contribution in [1.82, 2.24) is 10.5 Å². The quantitative estimate of drug-likeness (QED) is 0.578. The lowest BCUT2D eigenvalue weighted by Crippen LogP contribution is -2.31. The minimum absolute atomic E-state index is 0.0371. The Morgan fingerprint density at radius 2 is 1.83 bits per heavy atom. The number of halogens is 1. The molecule has 0 atom stereocenters. The fourth-order valence-corrected chi connectivity index (χ4v) is 2.94. The standard InChI is InChI=1S/C23H24ClN3O3/c1-14-8-9-17(26-21(28)15-6-5-7-16(24)10-15)11-18(14)19-12-20(30-27-19)22(29)25-13-23(2,3)4/h5-12H,13H2,1-4H3,(H,25,29)(H,26,28). The van der Waals surface area contributed by atoms with Gasteiger partial charge in [0.25, 0.3) is 11.8 Å². The van der Waals surface area contributed by atoms with Gasteiger partial charge >= 0.3 is 0 Å². The lowest BCUT2D eigenvalue weighted by atomic mass is 9.97. The van der Waals surface area contributed by atoms with Crippen molar-refractivity contribution >= 4 is 29.1 Å². The molecule has 0 unspecified atom stereocenters. The SMILES string of the molecule is Cc1ccc(NC(=O)c2cccc(Cl)c2)cc1-c1cc(C(=O)NCC(C)(C)C)on1. The van der Waals surface area contributed by atoms with Crippen molar-refractivity contribution in [3.8, 4) is 11.3 Å². The smallest absolute Gasteiger partial charge is 0.289 e. The third-order valence-electron chi connectivity index (χ3n) is 4.37. The molecule has 156 valence electrons. The first-order chi connectivity index (χ1) is 14.1. The maximum atomic E-state index is 12.5. The zero-order chi connectivity index (χ0) is 21.9. The summed E-state index contributed by atoms with van der Waals surface area (Å²) >= 11 is 5.96. The summed E-state index contributed by atoms with van der Waals surface area (Å²) in [5, 5.41) is 10.2. The van der Waals surface area contributed by atoms with E-state index in [0.29, 0.717) is 28.5 Å². The Labute approximate surface area is 180 Å². The van der Waals surface area contributed by atoms with Gasteiger partial charge in [-0.15, -0.1) is 0 Å². The first-order valence-electron chi connectivity index (χ1n) is 9.55. The van der Waals surface area contributed by atoms with Crippen molar-refractivity contribution in [1.29, 1.82) is 0 Å². The van der Waals surface area contributed by atoms with E-state index in [4.69, 9.17) is 16.1 Å². The fourth-order valence-electron chi connectivity index (χ4n) is 2.75. The Kier molecular flexibility index (Phi) is 6.27. The lowest BCUT2D eigenvalue weighted by molar-refractivity contribution is 0.0902. The molecule has 2 aromatic carbocycles. The second-order valence-corrected chi connectivity index (χ2v) is 8.75. The molecule has 0 radical (unpaired) electrons. The molecule has 2 amide bonds. The van der Waals surface area contributed by atoms with Gasteiger partial charge in [0.1, 0.15) is 5.69 Å². The van der Waals surface area contributed by atoms with E-state index in [1.807, 2.05) is 33.8 Å². The Morgan fingerprint density at radius 3 is 2.53 bits per heavy atom. The van der Waals surface area contributed by atoms with Gasteiger partial charge in [-0.25, -0.2) is 0 Å². The predicted octanol–water partition coefficient (Wildman–Crippen LogP) is 5.33. The van der Waals surface area contributed by atoms with Crippen LogP contribution in [0, 0.1) is 12.3 Å². The predicted molar refractivity (Wildman–Crippen MR) is 118 cm³/mol. The van der Waals surface area contributed by atoms with E-state index < -0.39 is 0 Å². The van der Waals surface area contributed by atoms with Gasteiger partial charge in [-0.3, -0.25) is 9.59 Å². The van der Waals surface area contributed by atoms with Crippen LogP contribution in [0.15, 0.2) is 53.1 Å². The summed E-state index contributed by atoms with van der Waals surface area (Å²) in [5.41, 5.74) is 3.24. The van der Waals surface area contributed by atoms with E-state index in [0.717, 1.165) is 11.1 Å². The van der Waals surface area contributed by atoms with Gasteiger partial charge in [0.2, 0.25) is 5.76 Å². The van der Waals surface area contributed by atoms with Crippen LogP contribution >= 0.6 is 11.6 Å². The molecule has 0 fully saturated rings. The highest BCUT2D eigenvalue weighted by atomic mass is 35.5. The molecular weight excluding hydrogens is 402 g/mol. The largest absolute Gasteiger partial charge is 0.350 e. The Morgan fingerprint density at radius 1 is 1.07 bits per heavy atom. The maximum absolute atomic E-state index is 12.5. The summed E-state index contributed by atoms with van der Waals surface area (Å²) in [6.45, 7) is 8.54. The topological polar surface area (TPSA) is 84.2 Å². The Balaban J connectivity index is 1.78. The number of nitrogens with zero attached hydrogens (tertiary/aromatic N) is 1. The number of carbonyl (C=O) groups excluding carboxylic acids is 2. The van der Waals surface area contributed by atoms with E-state index >= 15 is 0 Å². The van der Waals surface area contributed by atoms with Crippen molar-refractivity contribution in [3.63, 3.8) is 0 Å². The van der Waals surface area contributed by atoms with E-state index in [1.165, 1.54) is 0 Å². The Bertz CT molecular complexity index is 1080. The van der Waals surface area contributed by atoms with E-state index in [1.54, 1.807) is 42.5 Å². The first kappa shape index (κ1) is 21.6. The van der Waals surface area contributed by atoms with Gasteiger partial charge in [-0.1, -0.05) is 49.7 Å². The van der Waals surface area contributed by atoms with Crippen molar-refractivity contribution in [3.05, 3.63) is 70.4 Å². The average molecular weight is 426 g/mol. The molecule has 2 N–H and O–H groups in total. The average Bonchev–Trinajstić information content (AvgIpc) is 3.17. The summed E-state index contributed by atoms with van der Waals surface area (Å²) in [7, 11) is 0. The van der Waals surface area contributed by atoms with Crippen LogP contribution < -0.4 is 10.6 Å². The third-order valence-corrected chi connectivity index (χ3v) is 4.61. The van der Waals surface area contributed by atoms with E-state index in [9.17, 15) is 9.59 Å². The van der Waals surface area contributed by atoms with Gasteiger partial charge in [0.05, 0.1) is 0 Å². The first-order valence-corrected chi connectivity index (χ1v) is 9.93.